The zero-order valence-electron chi connectivity index (χ0n) is 35.3. The molecule has 2 saturated carbocycles. The zero-order chi connectivity index (χ0) is 44.3. The van der Waals surface area contributed by atoms with E-state index in [4.69, 9.17) is 16.3 Å². The van der Waals surface area contributed by atoms with E-state index in [1.165, 1.54) is 47.4 Å². The second-order valence-electron chi connectivity index (χ2n) is 18.8. The summed E-state index contributed by atoms with van der Waals surface area (Å²) in [4.78, 5) is 44.6. The lowest BCUT2D eigenvalue weighted by molar-refractivity contribution is -0.274. The highest BCUT2D eigenvalue weighted by molar-refractivity contribution is 6.31. The average molecular weight is 868 g/mol. The van der Waals surface area contributed by atoms with Gasteiger partial charge in [0.1, 0.15) is 11.6 Å². The molecule has 2 N–H and O–H groups in total. The molecule has 3 aromatic carbocycles. The van der Waals surface area contributed by atoms with E-state index >= 15 is 9.18 Å². The number of aliphatic hydroxyl groups excluding tert-OH is 1. The van der Waals surface area contributed by atoms with Crippen LogP contribution in [0.25, 0.3) is 0 Å². The summed E-state index contributed by atoms with van der Waals surface area (Å²) in [5.41, 5.74) is -2.67. The second kappa shape index (κ2) is 16.1. The number of ketones is 1. The molecule has 4 aliphatic carbocycles. The molecule has 61 heavy (non-hydrogen) atoms. The molecule has 1 heterocycles. The third kappa shape index (κ3) is 8.01. The Morgan fingerprint density at radius 2 is 1.70 bits per heavy atom. The minimum absolute atomic E-state index is 0.0661. The van der Waals surface area contributed by atoms with E-state index in [0.717, 1.165) is 11.1 Å². The van der Waals surface area contributed by atoms with E-state index in [-0.39, 0.29) is 48.7 Å². The summed E-state index contributed by atoms with van der Waals surface area (Å²) >= 11 is 6.40. The lowest BCUT2D eigenvalue weighted by Crippen LogP contribution is -2.60. The van der Waals surface area contributed by atoms with Crippen LogP contribution < -0.4 is 4.74 Å². The number of rotatable bonds is 9. The number of nitrogens with zero attached hydrogens (tertiary/aromatic N) is 1. The number of hydrogen-bond donors (Lipinski definition) is 2. The normalized spacial score (nSPS) is 29.7. The number of benzene rings is 3. The molecule has 8 nitrogen and oxygen atoms in total. The van der Waals surface area contributed by atoms with Crippen molar-refractivity contribution in [1.82, 2.24) is 4.90 Å². The highest BCUT2D eigenvalue weighted by atomic mass is 35.5. The van der Waals surface area contributed by atoms with Crippen molar-refractivity contribution < 1.29 is 51.6 Å². The Balaban J connectivity index is 1.31. The summed E-state index contributed by atoms with van der Waals surface area (Å²) in [5.74, 6) is -2.82. The maximum atomic E-state index is 15.2. The van der Waals surface area contributed by atoms with Crippen LogP contribution in [0.3, 0.4) is 0 Å². The number of allylic oxidation sites excluding steroid dienone is 2. The largest absolute Gasteiger partial charge is 0.573 e. The monoisotopic (exact) mass is 867 g/mol. The fraction of sp³-hybridized carbons (Fsp3) is 0.521. The lowest BCUT2D eigenvalue weighted by atomic mass is 9.64. The Morgan fingerprint density at radius 1 is 0.984 bits per heavy atom. The number of amides is 1. The number of hydrogen-bond acceptors (Lipinski definition) is 7. The molecule has 6 unspecified atom stereocenters. The summed E-state index contributed by atoms with van der Waals surface area (Å²) in [5, 5.41) is 24.4. The molecule has 4 bridgehead atoms. The first kappa shape index (κ1) is 44.8. The van der Waals surface area contributed by atoms with Crippen LogP contribution in [0, 0.1) is 22.1 Å². The van der Waals surface area contributed by atoms with E-state index in [9.17, 15) is 33.0 Å². The van der Waals surface area contributed by atoms with E-state index in [1.807, 2.05) is 39.8 Å². The highest BCUT2D eigenvalue weighted by Crippen LogP contribution is 2.66. The Hall–Kier alpha value is -4.26. The van der Waals surface area contributed by atoms with E-state index in [1.54, 1.807) is 13.0 Å². The van der Waals surface area contributed by atoms with Crippen LogP contribution in [0.2, 0.25) is 5.02 Å². The van der Waals surface area contributed by atoms with Gasteiger partial charge in [0.2, 0.25) is 0 Å². The smallest absolute Gasteiger partial charge is 0.448 e. The number of aliphatic hydroxyl groups is 2. The number of carbonyl (C=O) groups excluding carboxylic acids is 3. The van der Waals surface area contributed by atoms with Crippen molar-refractivity contribution in [2.75, 3.05) is 6.54 Å². The summed E-state index contributed by atoms with van der Waals surface area (Å²) < 4.78 is 64.4. The summed E-state index contributed by atoms with van der Waals surface area (Å²) in [6.07, 6.45) is -0.110. The van der Waals surface area contributed by atoms with Crippen LogP contribution in [-0.4, -0.2) is 63.0 Å². The van der Waals surface area contributed by atoms with Gasteiger partial charge in [0.25, 0.3) is 5.91 Å². The van der Waals surface area contributed by atoms with Crippen molar-refractivity contribution in [2.24, 2.45) is 16.2 Å². The fourth-order valence-electron chi connectivity index (χ4n) is 10.7. The topological polar surface area (TPSA) is 113 Å². The van der Waals surface area contributed by atoms with Gasteiger partial charge in [-0.3, -0.25) is 14.4 Å². The minimum Gasteiger partial charge on any atom is -0.448 e. The molecular formula is C48H54ClF4NO7. The predicted octanol–water partition coefficient (Wildman–Crippen LogP) is 9.99. The number of fused-ring (bicyclic) bond motifs is 10. The van der Waals surface area contributed by atoms with Gasteiger partial charge in [-0.15, -0.1) is 13.2 Å². The van der Waals surface area contributed by atoms with E-state index in [2.05, 4.69) is 10.8 Å². The van der Waals surface area contributed by atoms with Crippen LogP contribution in [0.15, 0.2) is 72.3 Å². The molecule has 1 saturated heterocycles. The molecular weight excluding hydrogens is 814 g/mol. The lowest BCUT2D eigenvalue weighted by Gasteiger charge is -2.47. The van der Waals surface area contributed by atoms with Gasteiger partial charge in [-0.1, -0.05) is 74.4 Å². The molecule has 0 aromatic heterocycles. The number of carbonyl (C=O) groups is 3. The first-order chi connectivity index (χ1) is 28.5. The highest BCUT2D eigenvalue weighted by Gasteiger charge is 2.76. The van der Waals surface area contributed by atoms with E-state index < -0.39 is 69.3 Å². The Labute approximate surface area is 359 Å². The molecule has 6 atom stereocenters. The summed E-state index contributed by atoms with van der Waals surface area (Å²) in [7, 11) is 0. The molecule has 3 fully saturated rings. The maximum absolute atomic E-state index is 15.2. The van der Waals surface area contributed by atoms with Gasteiger partial charge in [0, 0.05) is 39.9 Å². The molecule has 5 aliphatic rings. The van der Waals surface area contributed by atoms with Gasteiger partial charge in [-0.05, 0) is 125 Å². The zero-order valence-corrected chi connectivity index (χ0v) is 36.0. The quantitative estimate of drug-likeness (QED) is 0.0953. The summed E-state index contributed by atoms with van der Waals surface area (Å²) in [6.45, 7) is 9.11. The number of Topliss-reactive ketones (excluding diaryl/α,β-unsaturated/α-hetero) is 1. The van der Waals surface area contributed by atoms with Gasteiger partial charge in [-0.25, -0.2) is 4.39 Å². The fourth-order valence-corrected chi connectivity index (χ4v) is 10.9. The standard InChI is InChI=1S/C48H54ClF4NO7/c1-29-8-7-20-44(4)37(34-18-14-31(24-32(55)15-11-29)25-35(34)40(56)26-36-38(49)9-6-10-39(36)50)19-21-46(44,59)28-54(27-30-12-16-33(17-13-30)60-48(51,52)53)41(57)47-23-22-45(5,42(58)61-47)43(47,2)3/h6,8-10,12-14,16-18,25,32,37,55,59H,7,11,15,19-24,26-28H2,1-5H3. The Bertz CT molecular complexity index is 2220. The molecule has 328 valence electrons. The molecule has 0 radical (unpaired) electrons. The van der Waals surface area contributed by atoms with Gasteiger partial charge >= 0.3 is 12.3 Å². The van der Waals surface area contributed by atoms with Crippen molar-refractivity contribution in [2.45, 2.75) is 135 Å². The second-order valence-corrected chi connectivity index (χ2v) is 19.2. The minimum atomic E-state index is -4.90. The van der Waals surface area contributed by atoms with Crippen LogP contribution in [-0.2, 0) is 33.7 Å². The average Bonchev–Trinajstić information content (AvgIpc) is 3.62. The molecule has 13 heteroatoms. The van der Waals surface area contributed by atoms with Crippen LogP contribution in [0.4, 0.5) is 17.6 Å². The SMILES string of the molecule is CC1=CCCC2(C)C(CCC2(O)CN(Cc2ccc(OC(F)(F)F)cc2)C(=O)C23CCC(C)(C(=O)O2)C3(C)C)c2ccc(cc2C(=O)Cc2c(F)cccc2Cl)CC(O)CC1. The number of ether oxygens (including phenoxy) is 2. The van der Waals surface area contributed by atoms with Crippen molar-refractivity contribution in [3.8, 4) is 5.75 Å². The van der Waals surface area contributed by atoms with Crippen LogP contribution in [0.5, 0.6) is 5.75 Å². The maximum Gasteiger partial charge on any atom is 0.573 e. The molecule has 0 spiro atoms. The van der Waals surface area contributed by atoms with Gasteiger partial charge in [0.15, 0.2) is 11.4 Å². The molecule has 1 amide bonds. The van der Waals surface area contributed by atoms with Crippen LogP contribution >= 0.6 is 11.6 Å². The van der Waals surface area contributed by atoms with Crippen molar-refractivity contribution in [1.29, 1.82) is 0 Å². The predicted molar refractivity (Wildman–Crippen MR) is 221 cm³/mol. The Morgan fingerprint density at radius 3 is 2.34 bits per heavy atom. The Kier molecular flexibility index (Phi) is 11.8. The van der Waals surface area contributed by atoms with Gasteiger partial charge < -0.3 is 24.6 Å². The molecule has 3 aromatic rings. The third-order valence-corrected chi connectivity index (χ3v) is 15.4. The van der Waals surface area contributed by atoms with Crippen molar-refractivity contribution in [3.05, 3.63) is 111 Å². The van der Waals surface area contributed by atoms with Crippen LogP contribution in [0.1, 0.15) is 125 Å². The summed E-state index contributed by atoms with van der Waals surface area (Å²) in [6, 6.07) is 15.0. The third-order valence-electron chi connectivity index (χ3n) is 15.1. The number of alkyl halides is 3. The first-order valence-electron chi connectivity index (χ1n) is 21.0. The number of halogens is 5. The van der Waals surface area contributed by atoms with Crippen molar-refractivity contribution >= 4 is 29.3 Å². The van der Waals surface area contributed by atoms with Gasteiger partial charge in [0.05, 0.1) is 23.7 Å². The van der Waals surface area contributed by atoms with Crippen molar-refractivity contribution in [3.63, 3.8) is 0 Å². The number of esters is 1. The molecule has 1 aliphatic heterocycles. The molecule has 8 rings (SSSR count). The first-order valence-corrected chi connectivity index (χ1v) is 21.4. The van der Waals surface area contributed by atoms with E-state index in [0.29, 0.717) is 61.6 Å². The van der Waals surface area contributed by atoms with Gasteiger partial charge in [-0.2, -0.15) is 0 Å².